The molecule has 9 heteroatoms. The quantitative estimate of drug-likeness (QED) is 0.452. The predicted octanol–water partition coefficient (Wildman–Crippen LogP) is -0.590. The number of carbonyl (C=O) groups excluding carboxylic acids is 1. The van der Waals surface area contributed by atoms with Gasteiger partial charge in [0.2, 0.25) is 0 Å². The Morgan fingerprint density at radius 3 is 2.95 bits per heavy atom. The molecule has 1 aromatic heterocycles. The molecule has 0 aliphatic heterocycles. The minimum atomic E-state index is -0.737. The van der Waals surface area contributed by atoms with E-state index < -0.39 is 22.5 Å². The van der Waals surface area contributed by atoms with Crippen molar-refractivity contribution in [3.63, 3.8) is 0 Å². The number of aliphatic hydroxyl groups is 1. The van der Waals surface area contributed by atoms with Gasteiger partial charge in [-0.3, -0.25) is 19.7 Å². The normalized spacial score (nSPS) is 11.9. The van der Waals surface area contributed by atoms with Crippen molar-refractivity contribution in [2.75, 3.05) is 20.3 Å². The molecule has 1 heterocycles. The second kappa shape index (κ2) is 7.36. The van der Waals surface area contributed by atoms with E-state index in [2.05, 4.69) is 10.3 Å². The number of hydrogen-bond donors (Lipinski definition) is 3. The number of pyridine rings is 1. The van der Waals surface area contributed by atoms with E-state index in [0.717, 1.165) is 12.3 Å². The third kappa shape index (κ3) is 4.44. The lowest BCUT2D eigenvalue weighted by Gasteiger charge is -2.09. The van der Waals surface area contributed by atoms with Crippen LogP contribution in [-0.2, 0) is 4.74 Å². The van der Waals surface area contributed by atoms with Gasteiger partial charge in [0.05, 0.1) is 23.8 Å². The maximum atomic E-state index is 11.7. The Bertz CT molecular complexity index is 541. The van der Waals surface area contributed by atoms with Crippen molar-refractivity contribution in [1.82, 2.24) is 10.3 Å². The van der Waals surface area contributed by atoms with Crippen molar-refractivity contribution in [2.24, 2.45) is 0 Å². The van der Waals surface area contributed by atoms with E-state index in [1.54, 1.807) is 0 Å². The molecule has 0 spiro atoms. The Kier molecular flexibility index (Phi) is 5.81. The number of carbonyl (C=O) groups is 1. The fourth-order valence-electron chi connectivity index (χ4n) is 1.47. The molecule has 20 heavy (non-hydrogen) atoms. The standard InChI is InChI=1S/C11H15N3O6/c1-20-6-8(15)2-3-12-10(16)9-4-7(14(18)19)5-13-11(9)17/h4-5,8,15H,2-3,6H2,1H3,(H,12,16)(H,13,17). The van der Waals surface area contributed by atoms with Crippen LogP contribution in [0.2, 0.25) is 0 Å². The van der Waals surface area contributed by atoms with Crippen molar-refractivity contribution >= 4 is 11.6 Å². The summed E-state index contributed by atoms with van der Waals surface area (Å²) in [5.74, 6) is -0.737. The van der Waals surface area contributed by atoms with Gasteiger partial charge in [0, 0.05) is 19.7 Å². The van der Waals surface area contributed by atoms with Crippen LogP contribution in [0.3, 0.4) is 0 Å². The number of H-pyrrole nitrogens is 1. The van der Waals surface area contributed by atoms with Gasteiger partial charge in [-0.05, 0) is 6.42 Å². The van der Waals surface area contributed by atoms with Crippen LogP contribution in [0.1, 0.15) is 16.8 Å². The van der Waals surface area contributed by atoms with Gasteiger partial charge in [-0.2, -0.15) is 0 Å². The maximum absolute atomic E-state index is 11.7. The first kappa shape index (κ1) is 15.8. The fraction of sp³-hybridized carbons (Fsp3) is 0.455. The summed E-state index contributed by atoms with van der Waals surface area (Å²) in [6, 6.07) is 0.903. The zero-order valence-electron chi connectivity index (χ0n) is 10.8. The van der Waals surface area contributed by atoms with Crippen molar-refractivity contribution in [3.8, 4) is 0 Å². The van der Waals surface area contributed by atoms with Crippen molar-refractivity contribution in [3.05, 3.63) is 38.3 Å². The molecule has 0 aromatic carbocycles. The molecule has 0 aliphatic carbocycles. The molecule has 1 amide bonds. The van der Waals surface area contributed by atoms with Gasteiger partial charge in [0.25, 0.3) is 17.2 Å². The molecule has 1 unspecified atom stereocenters. The summed E-state index contributed by atoms with van der Waals surface area (Å²) in [6.45, 7) is 0.249. The molecule has 9 nitrogen and oxygen atoms in total. The molecule has 0 bridgehead atoms. The highest BCUT2D eigenvalue weighted by Gasteiger charge is 2.16. The van der Waals surface area contributed by atoms with Crippen LogP contribution in [0.15, 0.2) is 17.1 Å². The molecule has 1 aromatic rings. The molecule has 1 atom stereocenters. The number of ether oxygens (including phenoxy) is 1. The molecule has 0 fully saturated rings. The number of nitro groups is 1. The first-order valence-corrected chi connectivity index (χ1v) is 5.78. The molecule has 1 rings (SSSR count). The van der Waals surface area contributed by atoms with E-state index in [1.165, 1.54) is 7.11 Å². The predicted molar refractivity (Wildman–Crippen MR) is 68.6 cm³/mol. The van der Waals surface area contributed by atoms with Gasteiger partial charge < -0.3 is 20.1 Å². The highest BCUT2D eigenvalue weighted by molar-refractivity contribution is 5.94. The van der Waals surface area contributed by atoms with Crippen molar-refractivity contribution in [2.45, 2.75) is 12.5 Å². The Hall–Kier alpha value is -2.26. The van der Waals surface area contributed by atoms with Gasteiger partial charge in [-0.25, -0.2) is 0 Å². The van der Waals surface area contributed by atoms with E-state index in [-0.39, 0.29) is 30.8 Å². The van der Waals surface area contributed by atoms with Crippen molar-refractivity contribution in [1.29, 1.82) is 0 Å². The molecule has 110 valence electrons. The molecule has 0 aliphatic rings. The van der Waals surface area contributed by atoms with Gasteiger partial charge >= 0.3 is 0 Å². The van der Waals surface area contributed by atoms with Crippen LogP contribution in [0.4, 0.5) is 5.69 Å². The minimum absolute atomic E-state index is 0.117. The Morgan fingerprint density at radius 2 is 2.35 bits per heavy atom. The van der Waals surface area contributed by atoms with Gasteiger partial charge in [-0.1, -0.05) is 0 Å². The number of nitrogens with zero attached hydrogens (tertiary/aromatic N) is 1. The smallest absolute Gasteiger partial charge is 0.286 e. The van der Waals surface area contributed by atoms with Gasteiger partial charge in [-0.15, -0.1) is 0 Å². The fourth-order valence-corrected chi connectivity index (χ4v) is 1.47. The third-order valence-corrected chi connectivity index (χ3v) is 2.47. The van der Waals surface area contributed by atoms with Crippen molar-refractivity contribution < 1.29 is 19.6 Å². The SMILES string of the molecule is COCC(O)CCNC(=O)c1cc([N+](=O)[O-])c[nH]c1=O. The highest BCUT2D eigenvalue weighted by atomic mass is 16.6. The second-order valence-corrected chi connectivity index (χ2v) is 4.01. The zero-order chi connectivity index (χ0) is 15.1. The Morgan fingerprint density at radius 1 is 1.65 bits per heavy atom. The lowest BCUT2D eigenvalue weighted by Crippen LogP contribution is -2.32. The summed E-state index contributed by atoms with van der Waals surface area (Å²) in [5.41, 5.74) is -1.44. The van der Waals surface area contributed by atoms with Crippen LogP contribution in [0.5, 0.6) is 0 Å². The number of amides is 1. The monoisotopic (exact) mass is 285 g/mol. The number of methoxy groups -OCH3 is 1. The average Bonchev–Trinajstić information content (AvgIpc) is 2.39. The van der Waals surface area contributed by atoms with Crippen LogP contribution in [0, 0.1) is 10.1 Å². The third-order valence-electron chi connectivity index (χ3n) is 2.47. The summed E-state index contributed by atoms with van der Waals surface area (Å²) in [7, 11) is 1.43. The van der Waals surface area contributed by atoms with E-state index in [9.17, 15) is 24.8 Å². The van der Waals surface area contributed by atoms with Crippen LogP contribution >= 0.6 is 0 Å². The van der Waals surface area contributed by atoms with E-state index >= 15 is 0 Å². The zero-order valence-corrected chi connectivity index (χ0v) is 10.8. The number of rotatable bonds is 7. The maximum Gasteiger partial charge on any atom is 0.286 e. The number of nitrogens with one attached hydrogen (secondary N) is 2. The van der Waals surface area contributed by atoms with Crippen LogP contribution in [-0.4, -0.2) is 47.3 Å². The average molecular weight is 285 g/mol. The first-order valence-electron chi connectivity index (χ1n) is 5.78. The molecular formula is C11H15N3O6. The van der Waals surface area contributed by atoms with E-state index in [1.807, 2.05) is 0 Å². The molecule has 0 saturated heterocycles. The summed E-state index contributed by atoms with van der Waals surface area (Å²) in [4.78, 5) is 35.1. The van der Waals surface area contributed by atoms with Crippen LogP contribution in [0.25, 0.3) is 0 Å². The van der Waals surface area contributed by atoms with Gasteiger partial charge in [0.1, 0.15) is 5.56 Å². The topological polar surface area (TPSA) is 135 Å². The molecule has 3 N–H and O–H groups in total. The largest absolute Gasteiger partial charge is 0.391 e. The summed E-state index contributed by atoms with van der Waals surface area (Å²) in [5, 5.41) is 22.3. The number of hydrogen-bond acceptors (Lipinski definition) is 6. The first-order chi connectivity index (χ1) is 9.45. The number of aromatic nitrogens is 1. The van der Waals surface area contributed by atoms with E-state index in [0.29, 0.717) is 0 Å². The highest BCUT2D eigenvalue weighted by Crippen LogP contribution is 2.07. The lowest BCUT2D eigenvalue weighted by molar-refractivity contribution is -0.385. The summed E-state index contributed by atoms with van der Waals surface area (Å²) >= 11 is 0. The minimum Gasteiger partial charge on any atom is -0.391 e. The number of aliphatic hydroxyl groups excluding tert-OH is 1. The molecule has 0 saturated carbocycles. The van der Waals surface area contributed by atoms with Crippen LogP contribution < -0.4 is 10.9 Å². The second-order valence-electron chi connectivity index (χ2n) is 4.01. The lowest BCUT2D eigenvalue weighted by atomic mass is 10.2. The van der Waals surface area contributed by atoms with Gasteiger partial charge in [0.15, 0.2) is 0 Å². The van der Waals surface area contributed by atoms with E-state index in [4.69, 9.17) is 4.74 Å². The Labute approximate surface area is 113 Å². The summed E-state index contributed by atoms with van der Waals surface area (Å²) in [6.07, 6.45) is 0.428. The summed E-state index contributed by atoms with van der Waals surface area (Å²) < 4.78 is 4.71. The Balaban J connectivity index is 2.66. The molecule has 0 radical (unpaired) electrons. The molecular weight excluding hydrogens is 270 g/mol. The number of aromatic amines is 1.